The first-order valence-electron chi connectivity index (χ1n) is 4.12. The maximum atomic E-state index is 10.8. The second kappa shape index (κ2) is 5.87. The van der Waals surface area contributed by atoms with Crippen LogP contribution >= 0.6 is 27.5 Å². The molecule has 1 heterocycles. The van der Waals surface area contributed by atoms with E-state index in [9.17, 15) is 4.79 Å². The van der Waals surface area contributed by atoms with Crippen molar-refractivity contribution in [1.82, 2.24) is 9.97 Å². The van der Waals surface area contributed by atoms with Gasteiger partial charge in [0.2, 0.25) is 0 Å². The van der Waals surface area contributed by atoms with Gasteiger partial charge in [0.1, 0.15) is 17.3 Å². The van der Waals surface area contributed by atoms with Gasteiger partial charge in [0.15, 0.2) is 0 Å². The van der Waals surface area contributed by atoms with Crippen LogP contribution in [0.1, 0.15) is 6.42 Å². The normalized spacial score (nSPS) is 9.80. The van der Waals surface area contributed by atoms with E-state index in [0.717, 1.165) is 0 Å². The van der Waals surface area contributed by atoms with Crippen molar-refractivity contribution in [3.63, 3.8) is 0 Å². The zero-order chi connectivity index (χ0) is 11.3. The van der Waals surface area contributed by atoms with Gasteiger partial charge in [-0.15, -0.1) is 0 Å². The first kappa shape index (κ1) is 12.2. The Kier molecular flexibility index (Phi) is 4.77. The number of nitrogens with one attached hydrogen (secondary N) is 1. The summed E-state index contributed by atoms with van der Waals surface area (Å²) in [6.45, 7) is 0.429. The van der Waals surface area contributed by atoms with Gasteiger partial charge in [0.05, 0.1) is 18.0 Å². The first-order chi connectivity index (χ1) is 7.15. The number of halogens is 2. The summed E-state index contributed by atoms with van der Waals surface area (Å²) in [7, 11) is 1.35. The van der Waals surface area contributed by atoms with Gasteiger partial charge in [-0.2, -0.15) is 0 Å². The fourth-order valence-corrected chi connectivity index (χ4v) is 1.33. The van der Waals surface area contributed by atoms with Crippen LogP contribution in [0, 0.1) is 0 Å². The Labute approximate surface area is 100 Å². The fourth-order valence-electron chi connectivity index (χ4n) is 0.857. The molecule has 0 aromatic carbocycles. The smallest absolute Gasteiger partial charge is 0.307 e. The Morgan fingerprint density at radius 1 is 1.67 bits per heavy atom. The maximum Gasteiger partial charge on any atom is 0.307 e. The molecule has 1 aromatic heterocycles. The standard InChI is InChI=1S/C8H9BrClN3O2/c1-15-5(14)2-3-11-8-6(9)7(10)12-4-13-8/h4H,2-3H2,1H3,(H,11,12,13). The molecule has 15 heavy (non-hydrogen) atoms. The molecule has 0 amide bonds. The molecule has 0 aliphatic heterocycles. The van der Waals surface area contributed by atoms with E-state index in [4.69, 9.17) is 11.6 Å². The average molecular weight is 295 g/mol. The zero-order valence-corrected chi connectivity index (χ0v) is 10.3. The predicted octanol–water partition coefficient (Wildman–Crippen LogP) is 1.87. The number of nitrogens with zero attached hydrogens (tertiary/aromatic N) is 2. The molecule has 0 fully saturated rings. The van der Waals surface area contributed by atoms with Crippen molar-refractivity contribution in [3.8, 4) is 0 Å². The van der Waals surface area contributed by atoms with Crippen molar-refractivity contribution >= 4 is 39.3 Å². The van der Waals surface area contributed by atoms with Crippen molar-refractivity contribution in [1.29, 1.82) is 0 Å². The third kappa shape index (κ3) is 3.64. The van der Waals surface area contributed by atoms with Crippen LogP contribution in [0.2, 0.25) is 5.15 Å². The van der Waals surface area contributed by atoms with Gasteiger partial charge in [-0.1, -0.05) is 11.6 Å². The minimum Gasteiger partial charge on any atom is -0.469 e. The highest BCUT2D eigenvalue weighted by molar-refractivity contribution is 9.10. The zero-order valence-electron chi connectivity index (χ0n) is 7.96. The fraction of sp³-hybridized carbons (Fsp3) is 0.375. The summed E-state index contributed by atoms with van der Waals surface area (Å²) in [5, 5.41) is 3.26. The van der Waals surface area contributed by atoms with E-state index in [0.29, 0.717) is 22.0 Å². The van der Waals surface area contributed by atoms with Crippen molar-refractivity contribution in [2.45, 2.75) is 6.42 Å². The number of methoxy groups -OCH3 is 1. The number of esters is 1. The Hall–Kier alpha value is -0.880. The largest absolute Gasteiger partial charge is 0.469 e. The molecule has 0 unspecified atom stereocenters. The van der Waals surface area contributed by atoms with Crippen LogP contribution in [0.25, 0.3) is 0 Å². The summed E-state index contributed by atoms with van der Waals surface area (Å²) in [5.41, 5.74) is 0. The van der Waals surface area contributed by atoms with Gasteiger partial charge in [-0.25, -0.2) is 9.97 Å². The summed E-state index contributed by atoms with van der Waals surface area (Å²) in [5.74, 6) is 0.276. The van der Waals surface area contributed by atoms with E-state index < -0.39 is 0 Å². The molecule has 0 aliphatic carbocycles. The topological polar surface area (TPSA) is 64.1 Å². The third-order valence-corrected chi connectivity index (χ3v) is 2.86. The second-order valence-corrected chi connectivity index (χ2v) is 3.73. The quantitative estimate of drug-likeness (QED) is 0.678. The van der Waals surface area contributed by atoms with Gasteiger partial charge in [0.25, 0.3) is 0 Å². The number of aromatic nitrogens is 2. The SMILES string of the molecule is COC(=O)CCNc1ncnc(Cl)c1Br. The summed E-state index contributed by atoms with van der Waals surface area (Å²) < 4.78 is 5.07. The molecular formula is C8H9BrClN3O2. The van der Waals surface area contributed by atoms with E-state index in [1.165, 1.54) is 13.4 Å². The lowest BCUT2D eigenvalue weighted by Crippen LogP contribution is -2.11. The molecular weight excluding hydrogens is 285 g/mol. The summed E-state index contributed by atoms with van der Waals surface area (Å²) in [6.07, 6.45) is 1.61. The van der Waals surface area contributed by atoms with Crippen LogP contribution in [0.15, 0.2) is 10.8 Å². The highest BCUT2D eigenvalue weighted by Gasteiger charge is 2.06. The first-order valence-corrected chi connectivity index (χ1v) is 5.29. The summed E-state index contributed by atoms with van der Waals surface area (Å²) >= 11 is 8.98. The molecule has 5 nitrogen and oxygen atoms in total. The summed E-state index contributed by atoms with van der Waals surface area (Å²) in [4.78, 5) is 18.6. The number of ether oxygens (including phenoxy) is 1. The molecule has 0 saturated heterocycles. The number of rotatable bonds is 4. The van der Waals surface area contributed by atoms with E-state index >= 15 is 0 Å². The van der Waals surface area contributed by atoms with Crippen molar-refractivity contribution in [2.75, 3.05) is 19.0 Å². The number of hydrogen-bond acceptors (Lipinski definition) is 5. The number of anilines is 1. The number of carbonyl (C=O) groups is 1. The molecule has 1 N–H and O–H groups in total. The Bertz CT molecular complexity index is 362. The van der Waals surface area contributed by atoms with Crippen LogP contribution in [-0.2, 0) is 9.53 Å². The van der Waals surface area contributed by atoms with Crippen LogP contribution in [-0.4, -0.2) is 29.6 Å². The Morgan fingerprint density at radius 2 is 2.40 bits per heavy atom. The second-order valence-electron chi connectivity index (χ2n) is 2.58. The third-order valence-electron chi connectivity index (χ3n) is 1.60. The molecule has 0 saturated carbocycles. The van der Waals surface area contributed by atoms with E-state index in [2.05, 4.69) is 36.0 Å². The molecule has 0 atom stereocenters. The highest BCUT2D eigenvalue weighted by atomic mass is 79.9. The number of hydrogen-bond donors (Lipinski definition) is 1. The van der Waals surface area contributed by atoms with Gasteiger partial charge in [-0.3, -0.25) is 4.79 Å². The molecule has 0 spiro atoms. The monoisotopic (exact) mass is 293 g/mol. The lowest BCUT2D eigenvalue weighted by Gasteiger charge is -2.06. The van der Waals surface area contributed by atoms with Crippen LogP contribution in [0.5, 0.6) is 0 Å². The van der Waals surface area contributed by atoms with E-state index in [1.807, 2.05) is 0 Å². The van der Waals surface area contributed by atoms with Crippen LogP contribution < -0.4 is 5.32 Å². The van der Waals surface area contributed by atoms with E-state index in [-0.39, 0.29) is 12.4 Å². The maximum absolute atomic E-state index is 10.8. The lowest BCUT2D eigenvalue weighted by atomic mass is 10.4. The lowest BCUT2D eigenvalue weighted by molar-refractivity contribution is -0.140. The molecule has 82 valence electrons. The van der Waals surface area contributed by atoms with E-state index in [1.54, 1.807) is 0 Å². The Morgan fingerprint density at radius 3 is 3.07 bits per heavy atom. The Balaban J connectivity index is 2.51. The highest BCUT2D eigenvalue weighted by Crippen LogP contribution is 2.25. The van der Waals surface area contributed by atoms with Gasteiger partial charge in [-0.05, 0) is 15.9 Å². The van der Waals surface area contributed by atoms with Crippen LogP contribution in [0.3, 0.4) is 0 Å². The molecule has 1 rings (SSSR count). The minimum atomic E-state index is -0.279. The molecule has 0 aliphatic rings. The van der Waals surface area contributed by atoms with Gasteiger partial charge in [0, 0.05) is 6.54 Å². The molecule has 0 bridgehead atoms. The molecule has 1 aromatic rings. The molecule has 7 heteroatoms. The van der Waals surface area contributed by atoms with Gasteiger partial charge >= 0.3 is 5.97 Å². The average Bonchev–Trinajstić information content (AvgIpc) is 2.24. The summed E-state index contributed by atoms with van der Waals surface area (Å²) in [6, 6.07) is 0. The number of carbonyl (C=O) groups excluding carboxylic acids is 1. The van der Waals surface area contributed by atoms with Crippen LogP contribution in [0.4, 0.5) is 5.82 Å². The van der Waals surface area contributed by atoms with Gasteiger partial charge < -0.3 is 10.1 Å². The van der Waals surface area contributed by atoms with Crippen molar-refractivity contribution in [3.05, 3.63) is 16.0 Å². The molecule has 0 radical (unpaired) electrons. The van der Waals surface area contributed by atoms with Crippen molar-refractivity contribution in [2.24, 2.45) is 0 Å². The predicted molar refractivity (Wildman–Crippen MR) is 59.9 cm³/mol. The van der Waals surface area contributed by atoms with Crippen molar-refractivity contribution < 1.29 is 9.53 Å². The minimum absolute atomic E-state index is 0.268.